The van der Waals surface area contributed by atoms with Crippen LogP contribution in [0.5, 0.6) is 0 Å². The molecular weight excluding hydrogens is 224 g/mol. The van der Waals surface area contributed by atoms with Gasteiger partial charge in [-0.25, -0.2) is 0 Å². The Balaban J connectivity index is 2.43. The zero-order chi connectivity index (χ0) is 11.8. The van der Waals surface area contributed by atoms with Crippen molar-refractivity contribution in [2.75, 3.05) is 0 Å². The molecule has 16 heavy (non-hydrogen) atoms. The van der Waals surface area contributed by atoms with Crippen LogP contribution in [0.2, 0.25) is 26.2 Å². The van der Waals surface area contributed by atoms with Gasteiger partial charge >= 0.3 is 0 Å². The first-order valence-electron chi connectivity index (χ1n) is 5.74. The summed E-state index contributed by atoms with van der Waals surface area (Å²) in [6.07, 6.45) is 12.8. The van der Waals surface area contributed by atoms with Crippen LogP contribution in [0.1, 0.15) is 0 Å². The smallest absolute Gasteiger partial charge is 0.0897 e. The molecule has 0 bridgehead atoms. The lowest BCUT2D eigenvalue weighted by atomic mass is 10.6. The minimum atomic E-state index is -1.41. The maximum atomic E-state index is 3.43. The van der Waals surface area contributed by atoms with E-state index in [2.05, 4.69) is 62.0 Å². The van der Waals surface area contributed by atoms with Crippen LogP contribution in [-0.2, 0) is 0 Å². The molecule has 0 saturated carbocycles. The van der Waals surface area contributed by atoms with E-state index in [1.54, 1.807) is 0 Å². The second-order valence-corrected chi connectivity index (χ2v) is 20.5. The molecule has 82 valence electrons. The molecule has 0 aromatic carbocycles. The van der Waals surface area contributed by atoms with Crippen LogP contribution in [0.15, 0.2) is 58.3 Å². The summed E-state index contributed by atoms with van der Waals surface area (Å²) in [7, 11) is -2.81. The van der Waals surface area contributed by atoms with Gasteiger partial charge in [0.1, 0.15) is 0 Å². The van der Waals surface area contributed by atoms with Crippen LogP contribution in [-0.4, -0.2) is 15.2 Å². The number of hydrogen-bond donors (Lipinski definition) is 0. The zero-order valence-electron chi connectivity index (χ0n) is 10.5. The fourth-order valence-corrected chi connectivity index (χ4v) is 10.3. The van der Waals surface area contributed by atoms with E-state index in [0.29, 0.717) is 0 Å². The summed E-state index contributed by atoms with van der Waals surface area (Å²) in [6, 6.07) is 0. The quantitative estimate of drug-likeness (QED) is 0.521. The molecule has 0 radical (unpaired) electrons. The van der Waals surface area contributed by atoms with Crippen LogP contribution < -0.4 is 0 Å². The average molecular weight is 242 g/mol. The Morgan fingerprint density at radius 2 is 1.12 bits per heavy atom. The molecule has 0 nitrogen and oxygen atoms in total. The molecule has 0 spiro atoms. The van der Waals surface area contributed by atoms with Crippen LogP contribution in [0.25, 0.3) is 0 Å². The molecule has 2 aliphatic carbocycles. The predicted octanol–water partition coefficient (Wildman–Crippen LogP) is 3.86. The highest BCUT2D eigenvalue weighted by atomic mass is 29.3. The van der Waals surface area contributed by atoms with E-state index in [1.807, 2.05) is 12.2 Å². The van der Waals surface area contributed by atoms with Crippen molar-refractivity contribution in [3.63, 3.8) is 0 Å². The van der Waals surface area contributed by atoms with E-state index in [0.717, 1.165) is 0 Å². The lowest BCUT2D eigenvalue weighted by molar-refractivity contribution is 1.68. The van der Waals surface area contributed by atoms with Crippen LogP contribution >= 0.6 is 0 Å². The van der Waals surface area contributed by atoms with Gasteiger partial charge < -0.3 is 0 Å². The van der Waals surface area contributed by atoms with E-state index in [1.165, 1.54) is 10.4 Å². The molecule has 0 aromatic heterocycles. The van der Waals surface area contributed by atoms with E-state index >= 15 is 0 Å². The lowest BCUT2D eigenvalue weighted by Crippen LogP contribution is -2.57. The summed E-state index contributed by atoms with van der Waals surface area (Å²) in [4.78, 5) is 0. The van der Waals surface area contributed by atoms with Crippen molar-refractivity contribution in [1.82, 2.24) is 0 Å². The summed E-state index contributed by atoms with van der Waals surface area (Å²) in [5, 5.41) is 2.94. The van der Waals surface area contributed by atoms with Crippen molar-refractivity contribution in [2.24, 2.45) is 0 Å². The molecule has 0 unspecified atom stereocenters. The SMILES string of the molecule is C[Si](C)(C1=C=CC=C1)[Si](C)(C)C1=C=CC=C1. The van der Waals surface area contributed by atoms with Gasteiger partial charge in [-0.1, -0.05) is 50.5 Å². The number of allylic oxidation sites excluding steroid dienone is 6. The average Bonchev–Trinajstić information content (AvgIpc) is 2.91. The standard InChI is InChI=1S/C14H18Si2/c1-15(2,13-9-5-6-10-13)16(3,4)14-11-7-8-12-14/h5-9,11H,1-4H3. The van der Waals surface area contributed by atoms with E-state index < -0.39 is 15.2 Å². The van der Waals surface area contributed by atoms with Gasteiger partial charge in [-0.15, -0.1) is 11.5 Å². The van der Waals surface area contributed by atoms with Crippen molar-refractivity contribution < 1.29 is 0 Å². The highest BCUT2D eigenvalue weighted by Crippen LogP contribution is 2.34. The first kappa shape index (κ1) is 11.4. The summed E-state index contributed by atoms with van der Waals surface area (Å²) in [6.45, 7) is 9.91. The van der Waals surface area contributed by atoms with Gasteiger partial charge in [0.25, 0.3) is 0 Å². The minimum Gasteiger partial charge on any atom is -0.122 e. The lowest BCUT2D eigenvalue weighted by Gasteiger charge is -2.38. The van der Waals surface area contributed by atoms with Crippen molar-refractivity contribution in [1.29, 1.82) is 0 Å². The van der Waals surface area contributed by atoms with Gasteiger partial charge in [0.2, 0.25) is 0 Å². The van der Waals surface area contributed by atoms with E-state index in [4.69, 9.17) is 0 Å². The zero-order valence-corrected chi connectivity index (χ0v) is 12.5. The molecule has 2 heteroatoms. The Bertz CT molecular complexity index is 453. The van der Waals surface area contributed by atoms with Crippen molar-refractivity contribution >= 4 is 15.2 Å². The Labute approximate surface area is 99.9 Å². The predicted molar refractivity (Wildman–Crippen MR) is 76.4 cm³/mol. The fraction of sp³-hybridized carbons (Fsp3) is 0.286. The topological polar surface area (TPSA) is 0 Å². The van der Waals surface area contributed by atoms with E-state index in [9.17, 15) is 0 Å². The summed E-state index contributed by atoms with van der Waals surface area (Å²) in [5.74, 6) is 0. The number of hydrogen-bond acceptors (Lipinski definition) is 0. The summed E-state index contributed by atoms with van der Waals surface area (Å²) in [5.41, 5.74) is 6.86. The highest BCUT2D eigenvalue weighted by molar-refractivity contribution is 7.46. The second kappa shape index (κ2) is 3.76. The minimum absolute atomic E-state index is 1.41. The number of rotatable bonds is 3. The molecule has 0 N–H and O–H groups in total. The van der Waals surface area contributed by atoms with Gasteiger partial charge in [0, 0.05) is 0 Å². The van der Waals surface area contributed by atoms with Gasteiger partial charge in [-0.3, -0.25) is 0 Å². The van der Waals surface area contributed by atoms with Crippen molar-refractivity contribution in [3.05, 3.63) is 58.3 Å². The molecule has 0 heterocycles. The van der Waals surface area contributed by atoms with Crippen LogP contribution in [0, 0.1) is 0 Å². The third-order valence-corrected chi connectivity index (χ3v) is 21.5. The van der Waals surface area contributed by atoms with Crippen LogP contribution in [0.3, 0.4) is 0 Å². The molecule has 0 atom stereocenters. The molecular formula is C14H18Si2. The molecule has 0 saturated heterocycles. The van der Waals surface area contributed by atoms with Crippen molar-refractivity contribution in [3.8, 4) is 0 Å². The Morgan fingerprint density at radius 1 is 0.750 bits per heavy atom. The fourth-order valence-electron chi connectivity index (χ4n) is 2.11. The molecule has 2 aliphatic rings. The Morgan fingerprint density at radius 3 is 1.38 bits per heavy atom. The first-order valence-corrected chi connectivity index (χ1v) is 12.7. The monoisotopic (exact) mass is 242 g/mol. The molecule has 0 fully saturated rings. The third kappa shape index (κ3) is 1.61. The maximum absolute atomic E-state index is 3.43. The molecule has 0 aromatic rings. The highest BCUT2D eigenvalue weighted by Gasteiger charge is 2.45. The summed E-state index contributed by atoms with van der Waals surface area (Å²) >= 11 is 0. The van der Waals surface area contributed by atoms with Crippen molar-refractivity contribution in [2.45, 2.75) is 26.2 Å². The maximum Gasteiger partial charge on any atom is 0.0897 e. The first-order chi connectivity index (χ1) is 7.46. The normalized spacial score (nSPS) is 18.2. The third-order valence-electron chi connectivity index (χ3n) is 4.11. The molecule has 0 amide bonds. The Hall–Kier alpha value is -1.05. The Kier molecular flexibility index (Phi) is 2.69. The van der Waals surface area contributed by atoms with Gasteiger partial charge in [0.15, 0.2) is 0 Å². The van der Waals surface area contributed by atoms with Gasteiger partial charge in [0.05, 0.1) is 15.2 Å². The van der Waals surface area contributed by atoms with Gasteiger partial charge in [-0.2, -0.15) is 0 Å². The molecule has 2 rings (SSSR count). The summed E-state index contributed by atoms with van der Waals surface area (Å²) < 4.78 is 0. The molecule has 0 aliphatic heterocycles. The second-order valence-electron chi connectivity index (χ2n) is 5.42. The van der Waals surface area contributed by atoms with E-state index in [-0.39, 0.29) is 0 Å². The van der Waals surface area contributed by atoms with Gasteiger partial charge in [-0.05, 0) is 22.5 Å². The largest absolute Gasteiger partial charge is 0.122 e. The van der Waals surface area contributed by atoms with Crippen LogP contribution in [0.4, 0.5) is 0 Å².